The van der Waals surface area contributed by atoms with Crippen LogP contribution in [0.5, 0.6) is 0 Å². The van der Waals surface area contributed by atoms with Gasteiger partial charge in [0.15, 0.2) is 0 Å². The number of anilines is 1. The molecule has 1 aromatic heterocycles. The lowest BCUT2D eigenvalue weighted by molar-refractivity contribution is 0.599. The summed E-state index contributed by atoms with van der Waals surface area (Å²) in [6, 6.07) is 10.7. The van der Waals surface area contributed by atoms with Gasteiger partial charge in [-0.2, -0.15) is 5.10 Å². The normalized spacial score (nSPS) is 11.5. The summed E-state index contributed by atoms with van der Waals surface area (Å²) in [7, 11) is -3.87. The van der Waals surface area contributed by atoms with Gasteiger partial charge >= 0.3 is 0 Å². The van der Waals surface area contributed by atoms with Crippen molar-refractivity contribution >= 4 is 15.7 Å². The van der Waals surface area contributed by atoms with Gasteiger partial charge in [-0.1, -0.05) is 12.1 Å². The van der Waals surface area contributed by atoms with Crippen LogP contribution in [0.1, 0.15) is 17.0 Å². The third kappa shape index (κ3) is 3.75. The van der Waals surface area contributed by atoms with Crippen LogP contribution in [0.25, 0.3) is 0 Å². The van der Waals surface area contributed by atoms with Crippen molar-refractivity contribution in [3.05, 3.63) is 77.1 Å². The molecule has 0 saturated heterocycles. The molecule has 26 heavy (non-hydrogen) atoms. The van der Waals surface area contributed by atoms with Crippen LogP contribution in [0, 0.1) is 25.5 Å². The number of sulfonamides is 1. The number of aryl methyl sites for hydroxylation is 1. The van der Waals surface area contributed by atoms with Crippen molar-refractivity contribution in [2.24, 2.45) is 0 Å². The van der Waals surface area contributed by atoms with Crippen LogP contribution < -0.4 is 4.72 Å². The van der Waals surface area contributed by atoms with Crippen LogP contribution in [-0.2, 0) is 16.6 Å². The van der Waals surface area contributed by atoms with Gasteiger partial charge in [0.05, 0.1) is 28.5 Å². The Hall–Kier alpha value is -2.74. The molecule has 0 saturated carbocycles. The molecule has 0 atom stereocenters. The Balaban J connectivity index is 1.89. The monoisotopic (exact) mass is 377 g/mol. The molecule has 3 aromatic rings. The predicted molar refractivity (Wildman–Crippen MR) is 94.4 cm³/mol. The highest BCUT2D eigenvalue weighted by molar-refractivity contribution is 7.92. The SMILES string of the molecule is Cc1nn(Cc2cccc(F)c2)c(C)c1NS(=O)(=O)c1ccc(F)cc1. The van der Waals surface area contributed by atoms with Crippen molar-refractivity contribution in [3.8, 4) is 0 Å². The summed E-state index contributed by atoms with van der Waals surface area (Å²) in [5, 5.41) is 4.33. The maximum absolute atomic E-state index is 13.3. The molecule has 1 N–H and O–H groups in total. The fourth-order valence-electron chi connectivity index (χ4n) is 2.61. The lowest BCUT2D eigenvalue weighted by Crippen LogP contribution is -2.14. The van der Waals surface area contributed by atoms with Crippen LogP contribution in [-0.4, -0.2) is 18.2 Å². The molecule has 0 amide bonds. The number of halogens is 2. The second kappa shape index (κ2) is 6.87. The largest absolute Gasteiger partial charge is 0.276 e. The Bertz CT molecular complexity index is 1040. The Morgan fingerprint density at radius 3 is 2.38 bits per heavy atom. The smallest absolute Gasteiger partial charge is 0.262 e. The molecule has 8 heteroatoms. The summed E-state index contributed by atoms with van der Waals surface area (Å²) in [5.74, 6) is -0.861. The number of hydrogen-bond acceptors (Lipinski definition) is 3. The highest BCUT2D eigenvalue weighted by Gasteiger charge is 2.20. The van der Waals surface area contributed by atoms with Crippen molar-refractivity contribution in [3.63, 3.8) is 0 Å². The number of benzene rings is 2. The van der Waals surface area contributed by atoms with Gasteiger partial charge in [0.1, 0.15) is 11.6 Å². The topological polar surface area (TPSA) is 64.0 Å². The molecule has 0 fully saturated rings. The summed E-state index contributed by atoms with van der Waals surface area (Å²) >= 11 is 0. The molecule has 0 aliphatic rings. The van der Waals surface area contributed by atoms with Crippen LogP contribution in [0.4, 0.5) is 14.5 Å². The van der Waals surface area contributed by atoms with E-state index in [-0.39, 0.29) is 10.7 Å². The lowest BCUT2D eigenvalue weighted by Gasteiger charge is -2.09. The zero-order valence-electron chi connectivity index (χ0n) is 14.2. The van der Waals surface area contributed by atoms with E-state index in [2.05, 4.69) is 9.82 Å². The Kier molecular flexibility index (Phi) is 4.78. The lowest BCUT2D eigenvalue weighted by atomic mass is 10.2. The minimum absolute atomic E-state index is 0.0458. The van der Waals surface area contributed by atoms with Gasteiger partial charge in [-0.3, -0.25) is 9.40 Å². The van der Waals surface area contributed by atoms with E-state index >= 15 is 0 Å². The predicted octanol–water partition coefficient (Wildman–Crippen LogP) is 3.63. The van der Waals surface area contributed by atoms with E-state index in [1.54, 1.807) is 30.7 Å². The van der Waals surface area contributed by atoms with Crippen LogP contribution in [0.15, 0.2) is 53.4 Å². The van der Waals surface area contributed by atoms with E-state index in [1.807, 2.05) is 0 Å². The summed E-state index contributed by atoms with van der Waals surface area (Å²) in [6.45, 7) is 3.71. The first-order valence-corrected chi connectivity index (χ1v) is 9.31. The van der Waals surface area contributed by atoms with Crippen LogP contribution >= 0.6 is 0 Å². The average Bonchev–Trinajstić information content (AvgIpc) is 2.82. The van der Waals surface area contributed by atoms with E-state index in [1.165, 1.54) is 24.3 Å². The molecule has 0 aliphatic carbocycles. The van der Waals surface area contributed by atoms with Crippen LogP contribution in [0.3, 0.4) is 0 Å². The molecule has 0 bridgehead atoms. The highest BCUT2D eigenvalue weighted by atomic mass is 32.2. The van der Waals surface area contributed by atoms with Crippen molar-refractivity contribution in [1.82, 2.24) is 9.78 Å². The van der Waals surface area contributed by atoms with Gasteiger partial charge in [-0.05, 0) is 55.8 Å². The highest BCUT2D eigenvalue weighted by Crippen LogP contribution is 2.24. The molecule has 2 aromatic carbocycles. The molecule has 136 valence electrons. The summed E-state index contributed by atoms with van der Waals surface area (Å²) in [5.41, 5.74) is 2.15. The number of rotatable bonds is 5. The van der Waals surface area contributed by atoms with E-state index in [4.69, 9.17) is 0 Å². The molecular formula is C18H17F2N3O2S. The molecule has 0 unspecified atom stereocenters. The quantitative estimate of drug-likeness (QED) is 0.739. The zero-order valence-corrected chi connectivity index (χ0v) is 15.0. The van der Waals surface area contributed by atoms with E-state index < -0.39 is 15.8 Å². The molecule has 0 radical (unpaired) electrons. The molecular weight excluding hydrogens is 360 g/mol. The second-order valence-electron chi connectivity index (χ2n) is 5.89. The number of hydrogen-bond donors (Lipinski definition) is 1. The van der Waals surface area contributed by atoms with Gasteiger partial charge < -0.3 is 0 Å². The Morgan fingerprint density at radius 1 is 1.04 bits per heavy atom. The fourth-order valence-corrected chi connectivity index (χ4v) is 3.79. The van der Waals surface area contributed by atoms with Crippen molar-refractivity contribution < 1.29 is 17.2 Å². The Morgan fingerprint density at radius 2 is 1.73 bits per heavy atom. The number of nitrogens with zero attached hydrogens (tertiary/aromatic N) is 2. The van der Waals surface area contributed by atoms with Gasteiger partial charge in [-0.15, -0.1) is 0 Å². The minimum atomic E-state index is -3.87. The van der Waals surface area contributed by atoms with E-state index in [0.29, 0.717) is 29.2 Å². The minimum Gasteiger partial charge on any atom is -0.276 e. The first-order valence-electron chi connectivity index (χ1n) is 7.83. The maximum atomic E-state index is 13.3. The van der Waals surface area contributed by atoms with Gasteiger partial charge in [0, 0.05) is 0 Å². The van der Waals surface area contributed by atoms with Crippen molar-refractivity contribution in [2.75, 3.05) is 4.72 Å². The molecule has 0 spiro atoms. The van der Waals surface area contributed by atoms with Crippen LogP contribution in [0.2, 0.25) is 0 Å². The third-order valence-corrected chi connectivity index (χ3v) is 5.33. The van der Waals surface area contributed by atoms with Crippen molar-refractivity contribution in [2.45, 2.75) is 25.3 Å². The molecule has 5 nitrogen and oxygen atoms in total. The third-order valence-electron chi connectivity index (χ3n) is 3.96. The second-order valence-corrected chi connectivity index (χ2v) is 7.58. The van der Waals surface area contributed by atoms with Gasteiger partial charge in [-0.25, -0.2) is 17.2 Å². The summed E-state index contributed by atoms with van der Waals surface area (Å²) < 4.78 is 55.5. The summed E-state index contributed by atoms with van der Waals surface area (Å²) in [4.78, 5) is -0.0458. The first-order chi connectivity index (χ1) is 12.3. The first kappa shape index (κ1) is 18.1. The Labute approximate surface area is 150 Å². The standard InChI is InChI=1S/C18H17F2N3O2S/c1-12-18(22-26(24,25)17-8-6-15(19)7-9-17)13(2)23(21-12)11-14-4-3-5-16(20)10-14/h3-10,22H,11H2,1-2H3. The maximum Gasteiger partial charge on any atom is 0.262 e. The number of aromatic nitrogens is 2. The average molecular weight is 377 g/mol. The fraction of sp³-hybridized carbons (Fsp3) is 0.167. The van der Waals surface area contributed by atoms with Gasteiger partial charge in [0.2, 0.25) is 0 Å². The molecule has 1 heterocycles. The van der Waals surface area contributed by atoms with E-state index in [0.717, 1.165) is 12.1 Å². The summed E-state index contributed by atoms with van der Waals surface area (Å²) in [6.07, 6.45) is 0. The molecule has 0 aliphatic heterocycles. The van der Waals surface area contributed by atoms with Gasteiger partial charge in [0.25, 0.3) is 10.0 Å². The van der Waals surface area contributed by atoms with E-state index in [9.17, 15) is 17.2 Å². The molecule has 3 rings (SSSR count). The van der Waals surface area contributed by atoms with Crippen molar-refractivity contribution in [1.29, 1.82) is 0 Å². The zero-order chi connectivity index (χ0) is 18.9. The number of nitrogens with one attached hydrogen (secondary N) is 1.